The van der Waals surface area contributed by atoms with Gasteiger partial charge in [0.05, 0.1) is 5.69 Å². The predicted octanol–water partition coefficient (Wildman–Crippen LogP) is 4.88. The molecule has 124 valence electrons. The number of aromatic nitrogens is 4. The molecule has 0 saturated heterocycles. The van der Waals surface area contributed by atoms with E-state index < -0.39 is 0 Å². The Kier molecular flexibility index (Phi) is 4.38. The zero-order chi connectivity index (χ0) is 17.2. The summed E-state index contributed by atoms with van der Waals surface area (Å²) >= 11 is 7.45. The standard InChI is InChI=1S/C18H12ClFN4S/c19-14-5-1-12(2-6-14)11-25-18-22-21-17-10-9-16(23-24(17)18)13-3-7-15(20)8-4-13/h1-10H,11H2. The lowest BCUT2D eigenvalue weighted by molar-refractivity contribution is 0.628. The molecule has 2 heterocycles. The van der Waals surface area contributed by atoms with Crippen molar-refractivity contribution in [3.05, 3.63) is 77.1 Å². The average Bonchev–Trinajstić information content (AvgIpc) is 3.04. The van der Waals surface area contributed by atoms with Crippen LogP contribution in [0.4, 0.5) is 4.39 Å². The van der Waals surface area contributed by atoms with Crippen LogP contribution in [-0.4, -0.2) is 19.8 Å². The van der Waals surface area contributed by atoms with E-state index in [2.05, 4.69) is 15.3 Å². The summed E-state index contributed by atoms with van der Waals surface area (Å²) in [4.78, 5) is 0. The Balaban J connectivity index is 1.62. The van der Waals surface area contributed by atoms with Crippen LogP contribution in [0.2, 0.25) is 5.02 Å². The van der Waals surface area contributed by atoms with Crippen LogP contribution in [0.5, 0.6) is 0 Å². The van der Waals surface area contributed by atoms with E-state index >= 15 is 0 Å². The van der Waals surface area contributed by atoms with E-state index in [-0.39, 0.29) is 5.82 Å². The minimum atomic E-state index is -0.270. The SMILES string of the molecule is Fc1ccc(-c2ccc3nnc(SCc4ccc(Cl)cc4)n3n2)cc1. The van der Waals surface area contributed by atoms with Crippen LogP contribution in [0, 0.1) is 5.82 Å². The molecule has 25 heavy (non-hydrogen) atoms. The van der Waals surface area contributed by atoms with Crippen LogP contribution in [0.25, 0.3) is 16.9 Å². The Bertz CT molecular complexity index is 1020. The fraction of sp³-hybridized carbons (Fsp3) is 0.0556. The van der Waals surface area contributed by atoms with Gasteiger partial charge in [0.15, 0.2) is 5.65 Å². The van der Waals surface area contributed by atoms with Gasteiger partial charge in [0.25, 0.3) is 0 Å². The number of hydrogen-bond donors (Lipinski definition) is 0. The smallest absolute Gasteiger partial charge is 0.207 e. The summed E-state index contributed by atoms with van der Waals surface area (Å²) in [6, 6.07) is 17.6. The van der Waals surface area contributed by atoms with Gasteiger partial charge in [-0.2, -0.15) is 9.61 Å². The fourth-order valence-corrected chi connectivity index (χ4v) is 3.33. The zero-order valence-electron chi connectivity index (χ0n) is 12.9. The minimum absolute atomic E-state index is 0.270. The third-order valence-corrected chi connectivity index (χ3v) is 4.90. The van der Waals surface area contributed by atoms with Gasteiger partial charge in [0.2, 0.25) is 5.16 Å². The molecule has 0 spiro atoms. The van der Waals surface area contributed by atoms with Crippen molar-refractivity contribution in [2.75, 3.05) is 0 Å². The molecule has 4 rings (SSSR count). The highest BCUT2D eigenvalue weighted by Crippen LogP contribution is 2.24. The first kappa shape index (κ1) is 16.1. The van der Waals surface area contributed by atoms with Gasteiger partial charge in [-0.25, -0.2) is 4.39 Å². The number of benzene rings is 2. The van der Waals surface area contributed by atoms with Crippen molar-refractivity contribution in [2.24, 2.45) is 0 Å². The second-order valence-corrected chi connectivity index (χ2v) is 6.77. The van der Waals surface area contributed by atoms with Crippen LogP contribution in [0.3, 0.4) is 0 Å². The van der Waals surface area contributed by atoms with Crippen molar-refractivity contribution < 1.29 is 4.39 Å². The van der Waals surface area contributed by atoms with Gasteiger partial charge in [0.1, 0.15) is 5.82 Å². The molecule has 0 atom stereocenters. The summed E-state index contributed by atoms with van der Waals surface area (Å²) in [5.41, 5.74) is 3.39. The predicted molar refractivity (Wildman–Crippen MR) is 97.2 cm³/mol. The number of hydrogen-bond acceptors (Lipinski definition) is 4. The maximum absolute atomic E-state index is 13.1. The van der Waals surface area contributed by atoms with E-state index in [4.69, 9.17) is 11.6 Å². The highest BCUT2D eigenvalue weighted by molar-refractivity contribution is 7.98. The normalized spacial score (nSPS) is 11.1. The van der Waals surface area contributed by atoms with E-state index in [1.54, 1.807) is 28.4 Å². The number of rotatable bonds is 4. The number of fused-ring (bicyclic) bond motifs is 1. The largest absolute Gasteiger partial charge is 0.212 e. The molecule has 0 aliphatic heterocycles. The Morgan fingerprint density at radius 1 is 0.920 bits per heavy atom. The molecule has 0 bridgehead atoms. The Labute approximate surface area is 152 Å². The molecule has 0 saturated carbocycles. The summed E-state index contributed by atoms with van der Waals surface area (Å²) in [5, 5.41) is 14.4. The highest BCUT2D eigenvalue weighted by atomic mass is 35.5. The lowest BCUT2D eigenvalue weighted by Gasteiger charge is -2.03. The third-order valence-electron chi connectivity index (χ3n) is 3.66. The maximum Gasteiger partial charge on any atom is 0.212 e. The van der Waals surface area contributed by atoms with Crippen LogP contribution in [0.15, 0.2) is 65.8 Å². The molecule has 0 amide bonds. The summed E-state index contributed by atoms with van der Waals surface area (Å²) in [5.74, 6) is 0.466. The molecule has 4 aromatic rings. The van der Waals surface area contributed by atoms with Gasteiger partial charge in [-0.15, -0.1) is 10.2 Å². The van der Waals surface area contributed by atoms with Crippen molar-refractivity contribution in [1.29, 1.82) is 0 Å². The Morgan fingerprint density at radius 3 is 2.44 bits per heavy atom. The summed E-state index contributed by atoms with van der Waals surface area (Å²) < 4.78 is 14.8. The lowest BCUT2D eigenvalue weighted by atomic mass is 10.1. The van der Waals surface area contributed by atoms with E-state index in [1.807, 2.05) is 36.4 Å². The van der Waals surface area contributed by atoms with Crippen molar-refractivity contribution in [3.63, 3.8) is 0 Å². The van der Waals surface area contributed by atoms with Crippen molar-refractivity contribution in [2.45, 2.75) is 10.9 Å². The summed E-state index contributed by atoms with van der Waals surface area (Å²) in [6.07, 6.45) is 0. The zero-order valence-corrected chi connectivity index (χ0v) is 14.5. The third kappa shape index (κ3) is 3.50. The van der Waals surface area contributed by atoms with Crippen LogP contribution in [0.1, 0.15) is 5.56 Å². The maximum atomic E-state index is 13.1. The Morgan fingerprint density at radius 2 is 1.68 bits per heavy atom. The molecule has 0 fully saturated rings. The molecule has 0 radical (unpaired) electrons. The topological polar surface area (TPSA) is 43.1 Å². The number of nitrogens with zero attached hydrogens (tertiary/aromatic N) is 4. The quantitative estimate of drug-likeness (QED) is 0.480. The van der Waals surface area contributed by atoms with E-state index in [9.17, 15) is 4.39 Å². The first-order valence-electron chi connectivity index (χ1n) is 7.55. The van der Waals surface area contributed by atoms with Gasteiger partial charge < -0.3 is 0 Å². The second kappa shape index (κ2) is 6.82. The van der Waals surface area contributed by atoms with Gasteiger partial charge in [-0.05, 0) is 54.1 Å². The van der Waals surface area contributed by atoms with Crippen LogP contribution >= 0.6 is 23.4 Å². The second-order valence-electron chi connectivity index (χ2n) is 5.39. The van der Waals surface area contributed by atoms with Gasteiger partial charge in [0, 0.05) is 16.3 Å². The monoisotopic (exact) mass is 370 g/mol. The molecule has 7 heteroatoms. The molecule has 2 aromatic carbocycles. The molecule has 0 aliphatic rings. The summed E-state index contributed by atoms with van der Waals surface area (Å²) in [6.45, 7) is 0. The minimum Gasteiger partial charge on any atom is -0.207 e. The van der Waals surface area contributed by atoms with Crippen LogP contribution in [-0.2, 0) is 5.75 Å². The van der Waals surface area contributed by atoms with Crippen molar-refractivity contribution in [1.82, 2.24) is 19.8 Å². The molecular formula is C18H12ClFN4S. The molecule has 4 nitrogen and oxygen atoms in total. The van der Waals surface area contributed by atoms with E-state index in [1.165, 1.54) is 12.1 Å². The first-order valence-corrected chi connectivity index (χ1v) is 8.91. The fourth-order valence-electron chi connectivity index (χ4n) is 2.36. The number of thioether (sulfide) groups is 1. The Hall–Kier alpha value is -2.44. The molecule has 0 aliphatic carbocycles. The van der Waals surface area contributed by atoms with Gasteiger partial charge in [-0.1, -0.05) is 35.5 Å². The molecular weight excluding hydrogens is 359 g/mol. The van der Waals surface area contributed by atoms with Crippen molar-refractivity contribution in [3.8, 4) is 11.3 Å². The van der Waals surface area contributed by atoms with Crippen molar-refractivity contribution >= 4 is 29.0 Å². The average molecular weight is 371 g/mol. The lowest BCUT2D eigenvalue weighted by Crippen LogP contribution is -1.96. The van der Waals surface area contributed by atoms with Gasteiger partial charge in [-0.3, -0.25) is 0 Å². The van der Waals surface area contributed by atoms with Gasteiger partial charge >= 0.3 is 0 Å². The molecule has 0 unspecified atom stereocenters. The number of halogens is 2. The highest BCUT2D eigenvalue weighted by Gasteiger charge is 2.10. The first-order chi connectivity index (χ1) is 12.2. The van der Waals surface area contributed by atoms with E-state index in [0.717, 1.165) is 22.6 Å². The molecule has 2 aromatic heterocycles. The van der Waals surface area contributed by atoms with E-state index in [0.29, 0.717) is 15.8 Å². The molecule has 0 N–H and O–H groups in total. The van der Waals surface area contributed by atoms with Crippen LogP contribution < -0.4 is 0 Å². The summed E-state index contributed by atoms with van der Waals surface area (Å²) in [7, 11) is 0.